The Balaban J connectivity index is 2.30. The number of amides is 1. The number of thioether (sulfide) groups is 1. The molecule has 0 aliphatic carbocycles. The Kier molecular flexibility index (Phi) is 3.35. The van der Waals surface area contributed by atoms with Gasteiger partial charge in [0.15, 0.2) is 0 Å². The average molecular weight is 245 g/mol. The molecule has 5 heteroatoms. The normalized spacial score (nSPS) is 10.1. The standard InChI is InChI=1S/C12H11N3OS/c1-17-11-7-14-10-3-2-8(6-9(10)11)15-12(16)4-5-13/h2-3,6-7,14H,4H2,1H3,(H,15,16). The largest absolute Gasteiger partial charge is 0.360 e. The van der Waals surface area contributed by atoms with Crippen LogP contribution in [0.1, 0.15) is 6.42 Å². The van der Waals surface area contributed by atoms with Crippen molar-refractivity contribution in [3.63, 3.8) is 0 Å². The fourth-order valence-electron chi connectivity index (χ4n) is 1.62. The van der Waals surface area contributed by atoms with Crippen LogP contribution >= 0.6 is 11.8 Å². The van der Waals surface area contributed by atoms with Gasteiger partial charge in [-0.25, -0.2) is 0 Å². The van der Waals surface area contributed by atoms with E-state index in [2.05, 4.69) is 10.3 Å². The molecule has 2 N–H and O–H groups in total. The molecule has 1 aromatic carbocycles. The maximum Gasteiger partial charge on any atom is 0.238 e. The van der Waals surface area contributed by atoms with Crippen LogP contribution in [0.2, 0.25) is 0 Å². The lowest BCUT2D eigenvalue weighted by atomic mass is 10.2. The lowest BCUT2D eigenvalue weighted by Crippen LogP contribution is -2.09. The van der Waals surface area contributed by atoms with E-state index in [0.717, 1.165) is 15.8 Å². The first-order valence-electron chi connectivity index (χ1n) is 5.06. The summed E-state index contributed by atoms with van der Waals surface area (Å²) in [5, 5.41) is 12.2. The van der Waals surface area contributed by atoms with E-state index < -0.39 is 0 Å². The molecule has 1 heterocycles. The van der Waals surface area contributed by atoms with E-state index in [1.165, 1.54) is 0 Å². The Morgan fingerprint density at radius 3 is 3.12 bits per heavy atom. The molecule has 1 amide bonds. The van der Waals surface area contributed by atoms with Crippen molar-refractivity contribution in [2.45, 2.75) is 11.3 Å². The predicted octanol–water partition coefficient (Wildman–Crippen LogP) is 2.74. The average Bonchev–Trinajstić information content (AvgIpc) is 2.71. The number of hydrogen-bond acceptors (Lipinski definition) is 3. The van der Waals surface area contributed by atoms with Gasteiger partial charge in [-0.2, -0.15) is 5.26 Å². The van der Waals surface area contributed by atoms with Gasteiger partial charge in [0.1, 0.15) is 6.42 Å². The molecule has 0 unspecified atom stereocenters. The summed E-state index contributed by atoms with van der Waals surface area (Å²) >= 11 is 1.65. The Bertz CT molecular complexity index is 597. The van der Waals surface area contributed by atoms with Crippen molar-refractivity contribution in [3.8, 4) is 6.07 Å². The monoisotopic (exact) mass is 245 g/mol. The van der Waals surface area contributed by atoms with Crippen molar-refractivity contribution in [2.24, 2.45) is 0 Å². The second-order valence-corrected chi connectivity index (χ2v) is 4.35. The van der Waals surface area contributed by atoms with Crippen molar-refractivity contribution in [1.29, 1.82) is 5.26 Å². The van der Waals surface area contributed by atoms with E-state index in [-0.39, 0.29) is 12.3 Å². The smallest absolute Gasteiger partial charge is 0.238 e. The van der Waals surface area contributed by atoms with Crippen LogP contribution in [0.5, 0.6) is 0 Å². The van der Waals surface area contributed by atoms with E-state index >= 15 is 0 Å². The number of nitriles is 1. The van der Waals surface area contributed by atoms with Gasteiger partial charge in [-0.05, 0) is 24.5 Å². The maximum atomic E-state index is 11.3. The summed E-state index contributed by atoms with van der Waals surface area (Å²) < 4.78 is 0. The highest BCUT2D eigenvalue weighted by molar-refractivity contribution is 7.98. The Morgan fingerprint density at radius 2 is 2.41 bits per heavy atom. The second kappa shape index (κ2) is 4.93. The van der Waals surface area contributed by atoms with Crippen molar-refractivity contribution in [3.05, 3.63) is 24.4 Å². The fraction of sp³-hybridized carbons (Fsp3) is 0.167. The summed E-state index contributed by atoms with van der Waals surface area (Å²) in [5.74, 6) is -0.284. The molecule has 0 atom stereocenters. The number of rotatable bonds is 3. The van der Waals surface area contributed by atoms with Gasteiger partial charge in [-0.1, -0.05) is 0 Å². The number of nitrogens with zero attached hydrogens (tertiary/aromatic N) is 1. The number of carbonyl (C=O) groups excluding carboxylic acids is 1. The summed E-state index contributed by atoms with van der Waals surface area (Å²) in [6.07, 6.45) is 3.82. The van der Waals surface area contributed by atoms with E-state index in [1.54, 1.807) is 11.8 Å². The summed E-state index contributed by atoms with van der Waals surface area (Å²) in [7, 11) is 0. The Hall–Kier alpha value is -1.93. The number of aromatic amines is 1. The molecule has 17 heavy (non-hydrogen) atoms. The molecule has 0 bridgehead atoms. The highest BCUT2D eigenvalue weighted by Crippen LogP contribution is 2.28. The molecule has 0 saturated carbocycles. The van der Waals surface area contributed by atoms with Crippen LogP contribution in [-0.4, -0.2) is 17.1 Å². The third-order valence-electron chi connectivity index (χ3n) is 2.39. The number of anilines is 1. The molecule has 4 nitrogen and oxygen atoms in total. The first-order valence-corrected chi connectivity index (χ1v) is 6.29. The van der Waals surface area contributed by atoms with Crippen molar-refractivity contribution < 1.29 is 4.79 Å². The molecular formula is C12H11N3OS. The zero-order valence-electron chi connectivity index (χ0n) is 9.28. The maximum absolute atomic E-state index is 11.3. The highest BCUT2D eigenvalue weighted by Gasteiger charge is 2.05. The molecule has 0 fully saturated rings. The summed E-state index contributed by atoms with van der Waals surface area (Å²) in [6.45, 7) is 0. The molecule has 1 aromatic heterocycles. The van der Waals surface area contributed by atoms with Crippen LogP contribution in [-0.2, 0) is 4.79 Å². The quantitative estimate of drug-likeness (QED) is 0.817. The fourth-order valence-corrected chi connectivity index (χ4v) is 2.18. The highest BCUT2D eigenvalue weighted by atomic mass is 32.2. The lowest BCUT2D eigenvalue weighted by molar-refractivity contribution is -0.115. The predicted molar refractivity (Wildman–Crippen MR) is 68.9 cm³/mol. The van der Waals surface area contributed by atoms with Crippen LogP contribution in [0, 0.1) is 11.3 Å². The zero-order chi connectivity index (χ0) is 12.3. The summed E-state index contributed by atoms with van der Waals surface area (Å²) in [5.41, 5.74) is 1.75. The van der Waals surface area contributed by atoms with Gasteiger partial charge in [0.05, 0.1) is 6.07 Å². The Labute approximate surface area is 103 Å². The number of nitrogens with one attached hydrogen (secondary N) is 2. The Morgan fingerprint density at radius 1 is 1.59 bits per heavy atom. The third kappa shape index (κ3) is 2.43. The molecule has 2 aromatic rings. The van der Waals surface area contributed by atoms with Gasteiger partial charge in [-0.15, -0.1) is 11.8 Å². The lowest BCUT2D eigenvalue weighted by Gasteiger charge is -2.03. The molecule has 0 aliphatic rings. The van der Waals surface area contributed by atoms with Gasteiger partial charge in [0.2, 0.25) is 5.91 Å². The van der Waals surface area contributed by atoms with Gasteiger partial charge >= 0.3 is 0 Å². The van der Waals surface area contributed by atoms with Crippen LogP contribution in [0.4, 0.5) is 5.69 Å². The molecule has 86 valence electrons. The van der Waals surface area contributed by atoms with Crippen molar-refractivity contribution in [2.75, 3.05) is 11.6 Å². The zero-order valence-corrected chi connectivity index (χ0v) is 10.1. The van der Waals surface area contributed by atoms with E-state index in [0.29, 0.717) is 5.69 Å². The van der Waals surface area contributed by atoms with E-state index in [4.69, 9.17) is 5.26 Å². The number of benzene rings is 1. The van der Waals surface area contributed by atoms with Gasteiger partial charge in [0.25, 0.3) is 0 Å². The summed E-state index contributed by atoms with van der Waals surface area (Å²) in [6, 6.07) is 7.46. The molecule has 0 saturated heterocycles. The minimum atomic E-state index is -0.284. The van der Waals surface area contributed by atoms with Gasteiger partial charge in [0, 0.05) is 27.7 Å². The number of fused-ring (bicyclic) bond motifs is 1. The van der Waals surface area contributed by atoms with Crippen molar-refractivity contribution in [1.82, 2.24) is 4.98 Å². The number of H-pyrrole nitrogens is 1. The minimum absolute atomic E-state index is 0.124. The van der Waals surface area contributed by atoms with E-state index in [9.17, 15) is 4.79 Å². The van der Waals surface area contributed by atoms with Crippen LogP contribution < -0.4 is 5.32 Å². The number of carbonyl (C=O) groups is 1. The number of aromatic nitrogens is 1. The first kappa shape index (κ1) is 11.6. The topological polar surface area (TPSA) is 68.7 Å². The number of hydrogen-bond donors (Lipinski definition) is 2. The summed E-state index contributed by atoms with van der Waals surface area (Å²) in [4.78, 5) is 15.6. The molecular weight excluding hydrogens is 234 g/mol. The third-order valence-corrected chi connectivity index (χ3v) is 3.16. The van der Waals surface area contributed by atoms with Crippen LogP contribution in [0.3, 0.4) is 0 Å². The van der Waals surface area contributed by atoms with E-state index in [1.807, 2.05) is 36.7 Å². The van der Waals surface area contributed by atoms with Crippen LogP contribution in [0.25, 0.3) is 10.9 Å². The van der Waals surface area contributed by atoms with Crippen LogP contribution in [0.15, 0.2) is 29.3 Å². The molecule has 0 aliphatic heterocycles. The van der Waals surface area contributed by atoms with Gasteiger partial charge < -0.3 is 10.3 Å². The molecule has 0 spiro atoms. The minimum Gasteiger partial charge on any atom is -0.360 e. The molecule has 2 rings (SSSR count). The van der Waals surface area contributed by atoms with Gasteiger partial charge in [-0.3, -0.25) is 4.79 Å². The molecule has 0 radical (unpaired) electrons. The second-order valence-electron chi connectivity index (χ2n) is 3.50. The first-order chi connectivity index (χ1) is 8.24. The SMILES string of the molecule is CSc1c[nH]c2ccc(NC(=O)CC#N)cc12. The van der Waals surface area contributed by atoms with Crippen molar-refractivity contribution >= 4 is 34.3 Å².